The van der Waals surface area contributed by atoms with E-state index in [-0.39, 0.29) is 18.0 Å². The van der Waals surface area contributed by atoms with Crippen molar-refractivity contribution in [2.45, 2.75) is 38.8 Å². The number of anilines is 1. The van der Waals surface area contributed by atoms with Crippen LogP contribution in [0, 0.1) is 12.8 Å². The van der Waals surface area contributed by atoms with E-state index in [0.29, 0.717) is 5.92 Å². The number of thiazole rings is 1. The molecular formula is C21H23N3OS. The number of hydrogen-bond donors (Lipinski definition) is 2. The van der Waals surface area contributed by atoms with Crippen molar-refractivity contribution in [3.05, 3.63) is 59.7 Å². The average molecular weight is 366 g/mol. The van der Waals surface area contributed by atoms with E-state index in [1.54, 1.807) is 11.3 Å². The lowest BCUT2D eigenvalue weighted by Crippen LogP contribution is -2.40. The minimum Gasteiger partial charge on any atom is -0.350 e. The van der Waals surface area contributed by atoms with Gasteiger partial charge in [-0.15, -0.1) is 0 Å². The van der Waals surface area contributed by atoms with E-state index in [2.05, 4.69) is 46.8 Å². The second-order valence-corrected chi connectivity index (χ2v) is 8.12. The molecule has 1 amide bonds. The third-order valence-corrected chi connectivity index (χ3v) is 5.82. The van der Waals surface area contributed by atoms with E-state index >= 15 is 0 Å². The lowest BCUT2D eigenvalue weighted by molar-refractivity contribution is -0.122. The molecule has 5 heteroatoms. The number of carbonyl (C=O) groups is 1. The summed E-state index contributed by atoms with van der Waals surface area (Å²) in [6.45, 7) is 3.97. The van der Waals surface area contributed by atoms with Gasteiger partial charge in [0.05, 0.1) is 16.3 Å². The molecule has 2 atom stereocenters. The highest BCUT2D eigenvalue weighted by Crippen LogP contribution is 2.41. The molecule has 1 saturated carbocycles. The smallest absolute Gasteiger partial charge is 0.242 e. The Labute approximate surface area is 157 Å². The second kappa shape index (κ2) is 7.08. The van der Waals surface area contributed by atoms with Crippen LogP contribution < -0.4 is 10.6 Å². The van der Waals surface area contributed by atoms with Crippen LogP contribution >= 0.6 is 11.3 Å². The van der Waals surface area contributed by atoms with Crippen molar-refractivity contribution in [3.63, 3.8) is 0 Å². The first-order chi connectivity index (χ1) is 12.6. The number of aryl methyl sites for hydroxylation is 1. The van der Waals surface area contributed by atoms with E-state index in [4.69, 9.17) is 0 Å². The van der Waals surface area contributed by atoms with E-state index in [9.17, 15) is 4.79 Å². The summed E-state index contributed by atoms with van der Waals surface area (Å²) in [6.07, 6.45) is 2.36. The van der Waals surface area contributed by atoms with Crippen molar-refractivity contribution in [2.24, 2.45) is 5.92 Å². The highest BCUT2D eigenvalue weighted by Gasteiger charge is 2.34. The van der Waals surface area contributed by atoms with Gasteiger partial charge in [-0.2, -0.15) is 0 Å². The Hall–Kier alpha value is -2.40. The molecule has 2 unspecified atom stereocenters. The van der Waals surface area contributed by atoms with Crippen LogP contribution in [-0.2, 0) is 4.79 Å². The molecule has 1 heterocycles. The summed E-state index contributed by atoms with van der Waals surface area (Å²) >= 11 is 1.58. The van der Waals surface area contributed by atoms with Gasteiger partial charge in [0.15, 0.2) is 5.13 Å². The number of aromatic nitrogens is 1. The van der Waals surface area contributed by atoms with Gasteiger partial charge in [-0.25, -0.2) is 4.98 Å². The molecule has 0 saturated heterocycles. The van der Waals surface area contributed by atoms with Crippen molar-refractivity contribution >= 4 is 32.6 Å². The lowest BCUT2D eigenvalue weighted by atomic mass is 10.0. The van der Waals surface area contributed by atoms with Crippen molar-refractivity contribution in [1.29, 1.82) is 0 Å². The number of para-hydroxylation sites is 1. The fourth-order valence-corrected chi connectivity index (χ4v) is 4.09. The number of fused-ring (bicyclic) bond motifs is 1. The molecule has 2 aromatic carbocycles. The minimum absolute atomic E-state index is 0.0155. The van der Waals surface area contributed by atoms with Gasteiger partial charge in [0.25, 0.3) is 0 Å². The van der Waals surface area contributed by atoms with Gasteiger partial charge in [0.1, 0.15) is 6.04 Å². The van der Waals surface area contributed by atoms with Crippen LogP contribution in [0.15, 0.2) is 48.5 Å². The Bertz CT molecular complexity index is 881. The van der Waals surface area contributed by atoms with Crippen LogP contribution in [0.4, 0.5) is 5.13 Å². The Kier molecular flexibility index (Phi) is 4.64. The normalized spacial score (nSPS) is 16.2. The topological polar surface area (TPSA) is 54.0 Å². The largest absolute Gasteiger partial charge is 0.350 e. The van der Waals surface area contributed by atoms with Gasteiger partial charge in [-0.3, -0.25) is 4.79 Å². The van der Waals surface area contributed by atoms with Crippen LogP contribution in [-0.4, -0.2) is 16.9 Å². The van der Waals surface area contributed by atoms with Crippen molar-refractivity contribution in [2.75, 3.05) is 5.32 Å². The first kappa shape index (κ1) is 17.0. The number of hydrogen-bond acceptors (Lipinski definition) is 4. The predicted octanol–water partition coefficient (Wildman–Crippen LogP) is 4.67. The molecular weight excluding hydrogens is 342 g/mol. The summed E-state index contributed by atoms with van der Waals surface area (Å²) in [5.41, 5.74) is 3.39. The molecule has 2 N–H and O–H groups in total. The summed E-state index contributed by atoms with van der Waals surface area (Å²) in [5, 5.41) is 7.28. The van der Waals surface area contributed by atoms with Gasteiger partial charge in [0.2, 0.25) is 5.91 Å². The van der Waals surface area contributed by atoms with Crippen molar-refractivity contribution < 1.29 is 4.79 Å². The quantitative estimate of drug-likeness (QED) is 0.667. The molecule has 4 nitrogen and oxygen atoms in total. The standard InChI is InChI=1S/C21H23N3OS/c1-13-7-9-15(10-8-13)19(16-11-12-16)24-20(25)14(2)22-21-23-17-5-3-4-6-18(17)26-21/h3-10,14,16,19H,11-12H2,1-2H3,(H,22,23)(H,24,25). The van der Waals surface area contributed by atoms with Crippen LogP contribution in [0.3, 0.4) is 0 Å². The van der Waals surface area contributed by atoms with E-state index in [1.165, 1.54) is 24.0 Å². The van der Waals surface area contributed by atoms with Gasteiger partial charge in [-0.05, 0) is 50.3 Å². The molecule has 1 aliphatic carbocycles. The zero-order chi connectivity index (χ0) is 18.1. The van der Waals surface area contributed by atoms with Crippen LogP contribution in [0.2, 0.25) is 0 Å². The van der Waals surface area contributed by atoms with Gasteiger partial charge >= 0.3 is 0 Å². The molecule has 134 valence electrons. The molecule has 0 radical (unpaired) electrons. The fraction of sp³-hybridized carbons (Fsp3) is 0.333. The number of benzene rings is 2. The third-order valence-electron chi connectivity index (χ3n) is 4.85. The molecule has 0 spiro atoms. The highest BCUT2D eigenvalue weighted by molar-refractivity contribution is 7.22. The molecule has 1 aromatic heterocycles. The number of rotatable bonds is 6. The monoisotopic (exact) mass is 365 g/mol. The van der Waals surface area contributed by atoms with Gasteiger partial charge in [-0.1, -0.05) is 53.3 Å². The maximum Gasteiger partial charge on any atom is 0.242 e. The number of nitrogens with zero attached hydrogens (tertiary/aromatic N) is 1. The summed E-state index contributed by atoms with van der Waals surface area (Å²) in [6, 6.07) is 16.3. The predicted molar refractivity (Wildman–Crippen MR) is 107 cm³/mol. The first-order valence-corrected chi connectivity index (χ1v) is 9.91. The van der Waals surface area contributed by atoms with Gasteiger partial charge < -0.3 is 10.6 Å². The highest BCUT2D eigenvalue weighted by atomic mass is 32.1. The van der Waals surface area contributed by atoms with E-state index in [0.717, 1.165) is 15.3 Å². The summed E-state index contributed by atoms with van der Waals surface area (Å²) in [4.78, 5) is 17.3. The van der Waals surface area contributed by atoms with Crippen molar-refractivity contribution in [1.82, 2.24) is 10.3 Å². The lowest BCUT2D eigenvalue weighted by Gasteiger charge is -2.22. The summed E-state index contributed by atoms with van der Waals surface area (Å²) in [5.74, 6) is 0.568. The van der Waals surface area contributed by atoms with Crippen LogP contribution in [0.25, 0.3) is 10.2 Å². The SMILES string of the molecule is Cc1ccc(C(NC(=O)C(C)Nc2nc3ccccc3s2)C2CC2)cc1. The van der Waals surface area contributed by atoms with E-state index in [1.807, 2.05) is 31.2 Å². The van der Waals surface area contributed by atoms with Crippen LogP contribution in [0.5, 0.6) is 0 Å². The Morgan fingerprint density at radius 1 is 1.15 bits per heavy atom. The minimum atomic E-state index is -0.331. The van der Waals surface area contributed by atoms with Gasteiger partial charge in [0, 0.05) is 0 Å². The molecule has 1 fully saturated rings. The van der Waals surface area contributed by atoms with Crippen LogP contribution in [0.1, 0.15) is 36.9 Å². The Balaban J connectivity index is 1.44. The van der Waals surface area contributed by atoms with Crippen molar-refractivity contribution in [3.8, 4) is 0 Å². The Morgan fingerprint density at radius 3 is 2.58 bits per heavy atom. The molecule has 3 aromatic rings. The molecule has 0 aliphatic heterocycles. The average Bonchev–Trinajstić information content (AvgIpc) is 3.39. The molecule has 1 aliphatic rings. The molecule has 4 rings (SSSR count). The maximum absolute atomic E-state index is 12.7. The first-order valence-electron chi connectivity index (χ1n) is 9.09. The van der Waals surface area contributed by atoms with E-state index < -0.39 is 0 Å². The number of amides is 1. The Morgan fingerprint density at radius 2 is 1.88 bits per heavy atom. The second-order valence-electron chi connectivity index (χ2n) is 7.09. The fourth-order valence-electron chi connectivity index (χ4n) is 3.14. The maximum atomic E-state index is 12.7. The molecule has 26 heavy (non-hydrogen) atoms. The number of carbonyl (C=O) groups excluding carboxylic acids is 1. The third kappa shape index (κ3) is 3.73. The molecule has 0 bridgehead atoms. The zero-order valence-corrected chi connectivity index (χ0v) is 15.8. The summed E-state index contributed by atoms with van der Waals surface area (Å²) in [7, 11) is 0. The summed E-state index contributed by atoms with van der Waals surface area (Å²) < 4.78 is 1.12. The number of nitrogens with one attached hydrogen (secondary N) is 2. The zero-order valence-electron chi connectivity index (χ0n) is 15.0.